The molecule has 0 radical (unpaired) electrons. The molecule has 12 heteroatoms. The number of aliphatic hydroxyl groups excluding tert-OH is 1. The van der Waals surface area contributed by atoms with Gasteiger partial charge in [0.05, 0.1) is 12.1 Å². The van der Waals surface area contributed by atoms with Crippen LogP contribution in [0.2, 0.25) is 0 Å². The van der Waals surface area contributed by atoms with Crippen molar-refractivity contribution in [3.8, 4) is 0 Å². The second-order valence-corrected chi connectivity index (χ2v) is 9.29. The molecule has 192 valence electrons. The number of benzene rings is 1. The molecule has 0 saturated carbocycles. The molecule has 0 spiro atoms. The lowest BCUT2D eigenvalue weighted by atomic mass is 10.0. The monoisotopic (exact) mass is 507 g/mol. The van der Waals surface area contributed by atoms with E-state index in [9.17, 15) is 24.3 Å². The van der Waals surface area contributed by atoms with Crippen LogP contribution in [0.15, 0.2) is 30.5 Å². The van der Waals surface area contributed by atoms with E-state index in [2.05, 4.69) is 20.9 Å². The van der Waals surface area contributed by atoms with Crippen molar-refractivity contribution in [3.63, 3.8) is 0 Å². The van der Waals surface area contributed by atoms with E-state index in [4.69, 9.17) is 10.8 Å². The zero-order valence-electron chi connectivity index (χ0n) is 19.9. The van der Waals surface area contributed by atoms with Crippen LogP contribution in [-0.4, -0.2) is 81.2 Å². The third-order valence-corrected chi connectivity index (χ3v) is 6.14. The van der Waals surface area contributed by atoms with Gasteiger partial charge >= 0.3 is 5.97 Å². The Kier molecular flexibility index (Phi) is 10.6. The van der Waals surface area contributed by atoms with Gasteiger partial charge in [0.2, 0.25) is 17.7 Å². The number of carboxylic acid groups (broad SMARTS) is 1. The molecule has 0 fully saturated rings. The van der Waals surface area contributed by atoms with Crippen molar-refractivity contribution in [2.45, 2.75) is 57.0 Å². The van der Waals surface area contributed by atoms with Crippen LogP contribution in [0.4, 0.5) is 0 Å². The highest BCUT2D eigenvalue weighted by atomic mass is 32.2. The topological polar surface area (TPSA) is 187 Å². The predicted molar refractivity (Wildman–Crippen MR) is 134 cm³/mol. The predicted octanol–water partition coefficient (Wildman–Crippen LogP) is -0.269. The second-order valence-electron chi connectivity index (χ2n) is 8.31. The van der Waals surface area contributed by atoms with E-state index in [0.29, 0.717) is 12.2 Å². The minimum atomic E-state index is -1.43. The lowest BCUT2D eigenvalue weighted by Gasteiger charge is -2.26. The molecule has 0 aliphatic rings. The summed E-state index contributed by atoms with van der Waals surface area (Å²) >= 11 is 1.54. The Balaban J connectivity index is 2.25. The van der Waals surface area contributed by atoms with Crippen LogP contribution in [0.3, 0.4) is 0 Å². The number of aromatic nitrogens is 1. The molecule has 11 nitrogen and oxygen atoms in total. The summed E-state index contributed by atoms with van der Waals surface area (Å²) in [6.07, 6.45) is 2.81. The number of para-hydroxylation sites is 1. The quantitative estimate of drug-likeness (QED) is 0.193. The van der Waals surface area contributed by atoms with Crippen LogP contribution in [0.25, 0.3) is 10.9 Å². The van der Waals surface area contributed by atoms with Gasteiger partial charge in [0.15, 0.2) is 0 Å². The van der Waals surface area contributed by atoms with Gasteiger partial charge in [-0.05, 0) is 43.9 Å². The first-order valence-electron chi connectivity index (χ1n) is 11.2. The van der Waals surface area contributed by atoms with Gasteiger partial charge in [-0.2, -0.15) is 11.8 Å². The van der Waals surface area contributed by atoms with Crippen LogP contribution in [0.5, 0.6) is 0 Å². The number of aromatic amines is 1. The lowest BCUT2D eigenvalue weighted by Crippen LogP contribution is -2.60. The number of amides is 3. The molecule has 2 aromatic rings. The van der Waals surface area contributed by atoms with Crippen molar-refractivity contribution >= 4 is 46.4 Å². The number of aliphatic carboxylic acids is 1. The Morgan fingerprint density at radius 1 is 1.06 bits per heavy atom. The second kappa shape index (κ2) is 13.1. The van der Waals surface area contributed by atoms with Gasteiger partial charge in [-0.3, -0.25) is 19.2 Å². The van der Waals surface area contributed by atoms with Crippen LogP contribution >= 0.6 is 11.8 Å². The van der Waals surface area contributed by atoms with E-state index in [1.165, 1.54) is 13.8 Å². The molecule has 1 heterocycles. The molecule has 0 saturated heterocycles. The number of thioether (sulfide) groups is 1. The molecule has 3 amide bonds. The molecule has 5 unspecified atom stereocenters. The number of nitrogens with two attached hydrogens (primary N) is 1. The number of carbonyl (C=O) groups excluding carboxylic acids is 3. The summed E-state index contributed by atoms with van der Waals surface area (Å²) < 4.78 is 0. The molecule has 1 aromatic heterocycles. The minimum Gasteiger partial charge on any atom is -0.480 e. The SMILES string of the molecule is CSCCC(N)C(=O)NC(Cc1c[nH]c2ccccc12)C(=O)NC(C(=O)NC(C)C(=O)O)C(C)O. The number of aliphatic hydroxyl groups is 1. The fraction of sp³-hybridized carbons (Fsp3) is 0.478. The highest BCUT2D eigenvalue weighted by Gasteiger charge is 2.32. The summed E-state index contributed by atoms with van der Waals surface area (Å²) in [6.45, 7) is 2.55. The number of hydrogen-bond donors (Lipinski definition) is 7. The van der Waals surface area contributed by atoms with E-state index in [0.717, 1.165) is 16.5 Å². The molecule has 1 aromatic carbocycles. The van der Waals surface area contributed by atoms with Crippen LogP contribution in [0, 0.1) is 0 Å². The maximum atomic E-state index is 13.2. The maximum absolute atomic E-state index is 13.2. The van der Waals surface area contributed by atoms with E-state index < -0.39 is 54.0 Å². The molecular formula is C23H33N5O6S. The molecule has 0 aliphatic heterocycles. The van der Waals surface area contributed by atoms with Gasteiger partial charge in [0.25, 0.3) is 0 Å². The summed E-state index contributed by atoms with van der Waals surface area (Å²) in [5, 5.41) is 27.3. The van der Waals surface area contributed by atoms with Crippen molar-refractivity contribution in [2.24, 2.45) is 5.73 Å². The molecule has 35 heavy (non-hydrogen) atoms. The van der Waals surface area contributed by atoms with Crippen molar-refractivity contribution in [1.29, 1.82) is 0 Å². The van der Waals surface area contributed by atoms with Crippen LogP contribution < -0.4 is 21.7 Å². The zero-order valence-corrected chi connectivity index (χ0v) is 20.7. The number of nitrogens with one attached hydrogen (secondary N) is 4. The number of carbonyl (C=O) groups is 4. The van der Waals surface area contributed by atoms with Crippen LogP contribution in [0.1, 0.15) is 25.8 Å². The molecule has 0 bridgehead atoms. The first kappa shape index (κ1) is 28.1. The number of fused-ring (bicyclic) bond motifs is 1. The summed E-state index contributed by atoms with van der Waals surface area (Å²) in [5.74, 6) is -2.70. The first-order valence-corrected chi connectivity index (χ1v) is 12.6. The number of hydrogen-bond acceptors (Lipinski definition) is 7. The maximum Gasteiger partial charge on any atom is 0.325 e. The van der Waals surface area contributed by atoms with Gasteiger partial charge in [0, 0.05) is 23.5 Å². The Morgan fingerprint density at radius 2 is 1.74 bits per heavy atom. The summed E-state index contributed by atoms with van der Waals surface area (Å²) in [6, 6.07) is 2.88. The zero-order chi connectivity index (χ0) is 26.1. The molecule has 2 rings (SSSR count). The fourth-order valence-electron chi connectivity index (χ4n) is 3.41. The Bertz CT molecular complexity index is 1040. The average Bonchev–Trinajstić information content (AvgIpc) is 3.22. The third-order valence-electron chi connectivity index (χ3n) is 5.49. The molecular weight excluding hydrogens is 474 g/mol. The van der Waals surface area contributed by atoms with E-state index in [-0.39, 0.29) is 6.42 Å². The Labute approximate surface area is 207 Å². The number of rotatable bonds is 13. The van der Waals surface area contributed by atoms with Crippen molar-refractivity contribution < 1.29 is 29.4 Å². The standard InChI is InChI=1S/C23H33N5O6S/c1-12(23(33)34)26-22(32)19(13(2)29)28-21(31)18(27-20(30)16(24)8-9-35-3)10-14-11-25-17-7-5-4-6-15(14)17/h4-7,11-13,16,18-19,25,29H,8-10,24H2,1-3H3,(H,26,32)(H,27,30)(H,28,31)(H,33,34). The van der Waals surface area contributed by atoms with Gasteiger partial charge in [0.1, 0.15) is 18.1 Å². The van der Waals surface area contributed by atoms with Gasteiger partial charge in [-0.15, -0.1) is 0 Å². The van der Waals surface area contributed by atoms with Crippen molar-refractivity contribution in [1.82, 2.24) is 20.9 Å². The fourth-order valence-corrected chi connectivity index (χ4v) is 3.90. The van der Waals surface area contributed by atoms with Crippen LogP contribution in [-0.2, 0) is 25.6 Å². The van der Waals surface area contributed by atoms with Gasteiger partial charge in [-0.25, -0.2) is 0 Å². The van der Waals surface area contributed by atoms with E-state index in [1.54, 1.807) is 18.0 Å². The highest BCUT2D eigenvalue weighted by molar-refractivity contribution is 7.98. The highest BCUT2D eigenvalue weighted by Crippen LogP contribution is 2.19. The van der Waals surface area contributed by atoms with Crippen molar-refractivity contribution in [3.05, 3.63) is 36.0 Å². The Hall–Kier alpha value is -3.09. The number of carboxylic acids is 1. The normalized spacial score (nSPS) is 15.5. The average molecular weight is 508 g/mol. The van der Waals surface area contributed by atoms with Crippen molar-refractivity contribution in [2.75, 3.05) is 12.0 Å². The van der Waals surface area contributed by atoms with Gasteiger partial charge < -0.3 is 36.9 Å². The first-order chi connectivity index (χ1) is 16.5. The summed E-state index contributed by atoms with van der Waals surface area (Å²) in [7, 11) is 0. The summed E-state index contributed by atoms with van der Waals surface area (Å²) in [4.78, 5) is 52.7. The molecule has 8 N–H and O–H groups in total. The van der Waals surface area contributed by atoms with E-state index >= 15 is 0 Å². The molecule has 5 atom stereocenters. The third kappa shape index (κ3) is 7.98. The molecule has 0 aliphatic carbocycles. The summed E-state index contributed by atoms with van der Waals surface area (Å²) in [5.41, 5.74) is 7.59. The Morgan fingerprint density at radius 3 is 2.37 bits per heavy atom. The van der Waals surface area contributed by atoms with E-state index in [1.807, 2.05) is 30.5 Å². The lowest BCUT2D eigenvalue weighted by molar-refractivity contribution is -0.142. The number of H-pyrrole nitrogens is 1. The minimum absolute atomic E-state index is 0.0938. The smallest absolute Gasteiger partial charge is 0.325 e. The van der Waals surface area contributed by atoms with Gasteiger partial charge in [-0.1, -0.05) is 18.2 Å². The largest absolute Gasteiger partial charge is 0.480 e.